The first-order valence-corrected chi connectivity index (χ1v) is 22.2. The van der Waals surface area contributed by atoms with Gasteiger partial charge in [-0.25, -0.2) is 19.6 Å². The van der Waals surface area contributed by atoms with Gasteiger partial charge in [0.2, 0.25) is 11.8 Å². The van der Waals surface area contributed by atoms with Gasteiger partial charge in [-0.3, -0.25) is 9.59 Å². The number of hydrogen-bond donors (Lipinski definition) is 5. The average molecular weight is 883 g/mol. The molecule has 65 heavy (non-hydrogen) atoms. The van der Waals surface area contributed by atoms with Crippen LogP contribution in [0.5, 0.6) is 0 Å². The average Bonchev–Trinajstić information content (AvgIpc) is 4.17. The van der Waals surface area contributed by atoms with E-state index in [1.54, 1.807) is 9.80 Å². The maximum atomic E-state index is 14.1. The smallest absolute Gasteiger partial charge is 0.407 e. The highest BCUT2D eigenvalue weighted by molar-refractivity contribution is 5.91. The summed E-state index contributed by atoms with van der Waals surface area (Å²) in [5, 5.41) is 17.0. The van der Waals surface area contributed by atoms with Crippen molar-refractivity contribution in [2.75, 3.05) is 46.6 Å². The number of hydrogen-bond acceptors (Lipinski definition) is 9. The number of alkyl carbamates (subject to hydrolysis) is 1. The van der Waals surface area contributed by atoms with Crippen molar-refractivity contribution in [3.05, 3.63) is 109 Å². The number of ether oxygens (including phenoxy) is 3. The molecule has 6 heterocycles. The molecule has 0 unspecified atom stereocenters. The fourth-order valence-electron chi connectivity index (χ4n) is 9.82. The second-order valence-electron chi connectivity index (χ2n) is 17.5. The van der Waals surface area contributed by atoms with Crippen molar-refractivity contribution in [1.82, 2.24) is 40.4 Å². The van der Waals surface area contributed by atoms with Crippen molar-refractivity contribution in [2.24, 2.45) is 11.8 Å². The van der Waals surface area contributed by atoms with Crippen LogP contribution in [0, 0.1) is 11.8 Å². The second kappa shape index (κ2) is 18.7. The molecular weight excluding hydrogens is 829 g/mol. The van der Waals surface area contributed by atoms with Gasteiger partial charge >= 0.3 is 12.2 Å². The highest BCUT2D eigenvalue weighted by Gasteiger charge is 2.42. The number of aromatic nitrogens is 4. The van der Waals surface area contributed by atoms with Crippen LogP contribution < -0.4 is 10.6 Å². The summed E-state index contributed by atoms with van der Waals surface area (Å²) >= 11 is 0. The maximum absolute atomic E-state index is 14.1. The molecule has 4 amide bonds. The van der Waals surface area contributed by atoms with Gasteiger partial charge in [0, 0.05) is 63.0 Å². The van der Waals surface area contributed by atoms with Gasteiger partial charge in [0.05, 0.1) is 30.6 Å². The van der Waals surface area contributed by atoms with E-state index in [-0.39, 0.29) is 35.7 Å². The van der Waals surface area contributed by atoms with Gasteiger partial charge in [-0.2, -0.15) is 0 Å². The molecule has 4 fully saturated rings. The van der Waals surface area contributed by atoms with Crippen molar-refractivity contribution < 1.29 is 38.5 Å². The van der Waals surface area contributed by atoms with E-state index in [4.69, 9.17) is 24.2 Å². The molecule has 0 spiro atoms. The van der Waals surface area contributed by atoms with Crippen LogP contribution in [0.2, 0.25) is 0 Å². The second-order valence-corrected chi connectivity index (χ2v) is 17.5. The number of H-pyrrole nitrogens is 2. The molecule has 5 aromatic rings. The third-order valence-electron chi connectivity index (χ3n) is 13.3. The summed E-state index contributed by atoms with van der Waals surface area (Å²) in [4.78, 5) is 72.1. The Kier molecular flexibility index (Phi) is 12.5. The summed E-state index contributed by atoms with van der Waals surface area (Å²) in [6, 6.07) is 18.4. The molecule has 3 aromatic carbocycles. The van der Waals surface area contributed by atoms with Crippen LogP contribution in [-0.4, -0.2) is 118 Å². The number of amides is 4. The minimum atomic E-state index is -1.23. The molecule has 16 nitrogen and oxygen atoms in total. The third-order valence-corrected chi connectivity index (χ3v) is 13.3. The van der Waals surface area contributed by atoms with E-state index in [9.17, 15) is 24.3 Å². The number of nitrogens with one attached hydrogen (secondary N) is 4. The van der Waals surface area contributed by atoms with Crippen LogP contribution in [0.4, 0.5) is 9.59 Å². The van der Waals surface area contributed by atoms with E-state index in [1.165, 1.54) is 7.11 Å². The minimum Gasteiger partial charge on any atom is -0.465 e. The predicted molar refractivity (Wildman–Crippen MR) is 242 cm³/mol. The Morgan fingerprint density at radius 1 is 0.677 bits per heavy atom. The first-order valence-electron chi connectivity index (χ1n) is 22.2. The Labute approximate surface area is 376 Å². The van der Waals surface area contributed by atoms with Gasteiger partial charge in [0.25, 0.3) is 0 Å². The lowest BCUT2D eigenvalue weighted by atomic mass is 9.90. The molecule has 0 radical (unpaired) electrons. The summed E-state index contributed by atoms with van der Waals surface area (Å²) in [5.74, 6) is 0.608. The van der Waals surface area contributed by atoms with Crippen molar-refractivity contribution in [1.29, 1.82) is 0 Å². The van der Waals surface area contributed by atoms with E-state index < -0.39 is 24.3 Å². The van der Waals surface area contributed by atoms with E-state index in [1.807, 2.05) is 30.6 Å². The number of imidazole rings is 2. The predicted octanol–water partition coefficient (Wildman–Crippen LogP) is 7.16. The van der Waals surface area contributed by atoms with Crippen LogP contribution in [0.15, 0.2) is 97.4 Å². The topological polar surface area (TPSA) is 204 Å². The van der Waals surface area contributed by atoms with E-state index in [0.29, 0.717) is 89.7 Å². The molecule has 5 N–H and O–H groups in total. The normalized spacial score (nSPS) is 20.5. The number of likely N-dealkylation sites (tertiary alicyclic amines) is 2. The number of rotatable bonds is 11. The Balaban J connectivity index is 0.878. The van der Waals surface area contributed by atoms with Gasteiger partial charge < -0.3 is 49.7 Å². The third kappa shape index (κ3) is 9.27. The van der Waals surface area contributed by atoms with E-state index >= 15 is 0 Å². The number of benzene rings is 3. The zero-order valence-corrected chi connectivity index (χ0v) is 36.4. The summed E-state index contributed by atoms with van der Waals surface area (Å²) in [5.41, 5.74) is 7.23. The van der Waals surface area contributed by atoms with Gasteiger partial charge in [0.15, 0.2) is 0 Å². The Hall–Kier alpha value is -6.78. The molecule has 9 rings (SSSR count). The van der Waals surface area contributed by atoms with Crippen LogP contribution in [0.25, 0.3) is 44.4 Å². The monoisotopic (exact) mass is 882 g/mol. The first-order chi connectivity index (χ1) is 31.5. The summed E-state index contributed by atoms with van der Waals surface area (Å²) in [6.45, 7) is 11.1. The lowest BCUT2D eigenvalue weighted by Crippen LogP contribution is -2.53. The molecule has 0 aliphatic carbocycles. The molecule has 2 aromatic heterocycles. The number of fused-ring (bicyclic) bond motifs is 1. The zero-order chi connectivity index (χ0) is 45.2. The fraction of sp³-hybridized carbons (Fsp3) is 0.388. The van der Waals surface area contributed by atoms with Gasteiger partial charge in [0.1, 0.15) is 23.7 Å². The van der Waals surface area contributed by atoms with Crippen LogP contribution in [0.1, 0.15) is 62.3 Å². The lowest BCUT2D eigenvalue weighted by molar-refractivity contribution is -0.137. The Morgan fingerprint density at radius 3 is 1.63 bits per heavy atom. The number of carbonyl (C=O) groups excluding carboxylic acids is 3. The quantitative estimate of drug-likeness (QED) is 0.0847. The molecule has 4 aliphatic rings. The standard InChI is InChI=1S/C49H54N8O8/c1-28-20-40(56(26-28)46(58)42(54-48(60)61)32-12-16-64-17-13-32)44-50-24-38(52-44)31-6-4-30(5-7-31)34-8-9-36-23-37(11-10-35(36)22-34)39-25-51-45(53-39)41-21-29(2)27-57(41)47(59)43(55-49(62)63-3)33-14-18-65-19-15-33/h4-11,22-25,32-33,40-43,54H,1-2,12-21,26-27H2,3H3,(H,50,52)(H,51,53)(H,55,62)(H,60,61)/t40-,41-,42-,43-/m0/s1. The van der Waals surface area contributed by atoms with E-state index in [2.05, 4.69) is 76.2 Å². The van der Waals surface area contributed by atoms with E-state index in [0.717, 1.165) is 55.6 Å². The number of nitrogens with zero attached hydrogens (tertiary/aromatic N) is 4. The summed E-state index contributed by atoms with van der Waals surface area (Å²) < 4.78 is 15.9. The highest BCUT2D eigenvalue weighted by atomic mass is 16.5. The molecule has 338 valence electrons. The van der Waals surface area contributed by atoms with Crippen LogP contribution in [0.3, 0.4) is 0 Å². The van der Waals surface area contributed by atoms with Crippen molar-refractivity contribution in [2.45, 2.75) is 62.7 Å². The molecule has 16 heteroatoms. The van der Waals surface area contributed by atoms with Crippen LogP contribution in [-0.2, 0) is 23.8 Å². The number of aromatic amines is 2. The van der Waals surface area contributed by atoms with Gasteiger partial charge in [-0.15, -0.1) is 0 Å². The molecule has 0 saturated carbocycles. The molecule has 0 bridgehead atoms. The Morgan fingerprint density at radius 2 is 1.12 bits per heavy atom. The first kappa shape index (κ1) is 43.5. The lowest BCUT2D eigenvalue weighted by Gasteiger charge is -2.34. The molecule has 4 aliphatic heterocycles. The SMILES string of the molecule is C=C1C[C@@H](c2nc(-c3ccc(-c4ccc5cc(-c6c[nH]c([C@@H]7CC(=C)CN7C(=O)[C@@H](NC(=O)OC)C7CCOCC7)n6)ccc5c4)cc3)c[nH]2)N(C(=O)[C@@H](NC(=O)O)C2CCOCC2)C1. The van der Waals surface area contributed by atoms with Crippen molar-refractivity contribution in [3.63, 3.8) is 0 Å². The maximum Gasteiger partial charge on any atom is 0.407 e. The zero-order valence-electron chi connectivity index (χ0n) is 36.4. The minimum absolute atomic E-state index is 0.0732. The number of methoxy groups -OCH3 is 1. The summed E-state index contributed by atoms with van der Waals surface area (Å²) in [6.07, 6.45) is 5.46. The number of carbonyl (C=O) groups is 4. The number of carboxylic acid groups (broad SMARTS) is 1. The highest BCUT2D eigenvalue weighted by Crippen LogP contribution is 2.38. The van der Waals surface area contributed by atoms with Crippen molar-refractivity contribution >= 4 is 34.8 Å². The largest absolute Gasteiger partial charge is 0.465 e. The molecular formula is C49H54N8O8. The van der Waals surface area contributed by atoms with Gasteiger partial charge in [-0.05, 0) is 84.4 Å². The molecule has 4 saturated heterocycles. The van der Waals surface area contributed by atoms with Crippen LogP contribution >= 0.6 is 0 Å². The summed E-state index contributed by atoms with van der Waals surface area (Å²) in [7, 11) is 1.29. The fourth-order valence-corrected chi connectivity index (χ4v) is 9.82. The Bertz CT molecular complexity index is 2610. The molecule has 4 atom stereocenters. The van der Waals surface area contributed by atoms with Gasteiger partial charge in [-0.1, -0.05) is 72.8 Å². The van der Waals surface area contributed by atoms with Crippen molar-refractivity contribution in [3.8, 4) is 33.6 Å².